The number of carbonyl (C=O) groups excluding carboxylic acids is 2. The van der Waals surface area contributed by atoms with E-state index in [1.165, 1.54) is 6.08 Å². The topological polar surface area (TPSA) is 95.9 Å². The molecule has 132 valence electrons. The predicted molar refractivity (Wildman–Crippen MR) is 93.1 cm³/mol. The van der Waals surface area contributed by atoms with Crippen molar-refractivity contribution in [3.05, 3.63) is 71.4 Å². The second kappa shape index (κ2) is 7.52. The maximum atomic E-state index is 12.5. The van der Waals surface area contributed by atoms with Crippen LogP contribution >= 0.6 is 0 Å². The van der Waals surface area contributed by atoms with Gasteiger partial charge in [0.1, 0.15) is 11.4 Å². The minimum Gasteiger partial charge on any atom is -0.481 e. The molecule has 0 aromatic heterocycles. The largest absolute Gasteiger partial charge is 0.481 e. The summed E-state index contributed by atoms with van der Waals surface area (Å²) in [6.07, 6.45) is 1.47. The highest BCUT2D eigenvalue weighted by molar-refractivity contribution is 6.14. The molecule has 0 spiro atoms. The van der Waals surface area contributed by atoms with Gasteiger partial charge in [-0.2, -0.15) is 0 Å². The van der Waals surface area contributed by atoms with E-state index in [2.05, 4.69) is 5.32 Å². The fourth-order valence-corrected chi connectivity index (χ4v) is 2.51. The van der Waals surface area contributed by atoms with Crippen molar-refractivity contribution in [2.24, 2.45) is 0 Å². The summed E-state index contributed by atoms with van der Waals surface area (Å²) in [4.78, 5) is 36.5. The number of rotatable bonds is 6. The molecule has 2 aromatic carbocycles. The van der Waals surface area contributed by atoms with E-state index in [0.717, 1.165) is 10.5 Å². The SMILES string of the molecule is O=C(O)COc1ccccc1/C=C1/NC(=O)N(Cc2ccccc2)C1=O. The molecule has 0 aliphatic carbocycles. The summed E-state index contributed by atoms with van der Waals surface area (Å²) in [5.74, 6) is -1.25. The summed E-state index contributed by atoms with van der Waals surface area (Å²) in [6.45, 7) is -0.333. The molecule has 1 aliphatic rings. The predicted octanol–water partition coefficient (Wildman–Crippen LogP) is 2.24. The number of urea groups is 1. The van der Waals surface area contributed by atoms with Crippen molar-refractivity contribution in [2.75, 3.05) is 6.61 Å². The molecule has 3 amide bonds. The number of nitrogens with zero attached hydrogens (tertiary/aromatic N) is 1. The second-order valence-electron chi connectivity index (χ2n) is 5.59. The van der Waals surface area contributed by atoms with Crippen LogP contribution < -0.4 is 10.1 Å². The maximum absolute atomic E-state index is 12.5. The van der Waals surface area contributed by atoms with Crippen molar-refractivity contribution < 1.29 is 24.2 Å². The van der Waals surface area contributed by atoms with E-state index in [1.807, 2.05) is 30.3 Å². The van der Waals surface area contributed by atoms with Crippen molar-refractivity contribution >= 4 is 24.0 Å². The van der Waals surface area contributed by atoms with E-state index in [-0.39, 0.29) is 12.2 Å². The van der Waals surface area contributed by atoms with Crippen LogP contribution in [-0.4, -0.2) is 34.5 Å². The Hall–Kier alpha value is -3.61. The van der Waals surface area contributed by atoms with Crippen LogP contribution in [0.3, 0.4) is 0 Å². The molecule has 0 radical (unpaired) electrons. The van der Waals surface area contributed by atoms with E-state index in [1.54, 1.807) is 24.3 Å². The van der Waals surface area contributed by atoms with Crippen LogP contribution in [0.15, 0.2) is 60.3 Å². The molecule has 1 fully saturated rings. The van der Waals surface area contributed by atoms with Gasteiger partial charge in [0.15, 0.2) is 6.61 Å². The van der Waals surface area contributed by atoms with Gasteiger partial charge < -0.3 is 15.2 Å². The van der Waals surface area contributed by atoms with Crippen molar-refractivity contribution in [1.29, 1.82) is 0 Å². The zero-order valence-electron chi connectivity index (χ0n) is 13.7. The third-order valence-corrected chi connectivity index (χ3v) is 3.72. The van der Waals surface area contributed by atoms with Gasteiger partial charge in [0.2, 0.25) is 0 Å². The molecule has 7 nitrogen and oxygen atoms in total. The number of aliphatic carboxylic acids is 1. The van der Waals surface area contributed by atoms with Crippen molar-refractivity contribution in [2.45, 2.75) is 6.54 Å². The molecule has 1 aliphatic heterocycles. The first-order valence-corrected chi connectivity index (χ1v) is 7.86. The molecule has 2 aromatic rings. The third kappa shape index (κ3) is 3.89. The van der Waals surface area contributed by atoms with Gasteiger partial charge in [0.05, 0.1) is 6.54 Å². The van der Waals surface area contributed by atoms with Crippen molar-refractivity contribution in [1.82, 2.24) is 10.2 Å². The Morgan fingerprint density at radius 2 is 1.77 bits per heavy atom. The molecular formula is C19H16N2O5. The number of benzene rings is 2. The van der Waals surface area contributed by atoms with Gasteiger partial charge >= 0.3 is 12.0 Å². The minimum absolute atomic E-state index is 0.109. The fraction of sp³-hybridized carbons (Fsp3) is 0.105. The molecule has 0 atom stereocenters. The number of ether oxygens (including phenoxy) is 1. The van der Waals surface area contributed by atoms with Gasteiger partial charge in [-0.15, -0.1) is 0 Å². The number of carbonyl (C=O) groups is 3. The number of imide groups is 1. The number of hydrogen-bond donors (Lipinski definition) is 2. The van der Waals surface area contributed by atoms with Crippen LogP contribution in [0.1, 0.15) is 11.1 Å². The Labute approximate surface area is 149 Å². The molecule has 26 heavy (non-hydrogen) atoms. The number of carboxylic acid groups (broad SMARTS) is 1. The van der Waals surface area contributed by atoms with Gasteiger partial charge in [-0.3, -0.25) is 9.69 Å². The highest BCUT2D eigenvalue weighted by atomic mass is 16.5. The average Bonchev–Trinajstić information content (AvgIpc) is 2.89. The Morgan fingerprint density at radius 1 is 1.08 bits per heavy atom. The summed E-state index contributed by atoms with van der Waals surface area (Å²) in [5.41, 5.74) is 1.44. The molecule has 1 saturated heterocycles. The minimum atomic E-state index is -1.10. The first kappa shape index (κ1) is 17.2. The molecule has 1 heterocycles. The standard InChI is InChI=1S/C19H16N2O5/c22-17(23)12-26-16-9-5-4-8-14(16)10-15-18(24)21(19(25)20-15)11-13-6-2-1-3-7-13/h1-10H,11-12H2,(H,20,25)(H,22,23)/b15-10+. The zero-order chi connectivity index (χ0) is 18.5. The molecule has 0 unspecified atom stereocenters. The first-order valence-electron chi connectivity index (χ1n) is 7.86. The Kier molecular flexibility index (Phi) is 4.98. The lowest BCUT2D eigenvalue weighted by molar-refractivity contribution is -0.139. The van der Waals surface area contributed by atoms with Gasteiger partial charge in [-0.05, 0) is 17.7 Å². The highest BCUT2D eigenvalue weighted by Crippen LogP contribution is 2.23. The second-order valence-corrected chi connectivity index (χ2v) is 5.59. The van der Waals surface area contributed by atoms with E-state index >= 15 is 0 Å². The molecule has 3 rings (SSSR count). The summed E-state index contributed by atoms with van der Waals surface area (Å²) >= 11 is 0. The third-order valence-electron chi connectivity index (χ3n) is 3.72. The molecule has 0 saturated carbocycles. The van der Waals surface area contributed by atoms with Crippen LogP contribution in [0.25, 0.3) is 6.08 Å². The van der Waals surface area contributed by atoms with Crippen LogP contribution in [0.5, 0.6) is 5.75 Å². The molecule has 2 N–H and O–H groups in total. The lowest BCUT2D eigenvalue weighted by Gasteiger charge is -2.11. The summed E-state index contributed by atoms with van der Waals surface area (Å²) in [6, 6.07) is 15.4. The smallest absolute Gasteiger partial charge is 0.341 e. The molecule has 7 heteroatoms. The summed E-state index contributed by atoms with van der Waals surface area (Å²) in [5, 5.41) is 11.3. The maximum Gasteiger partial charge on any atom is 0.341 e. The van der Waals surface area contributed by atoms with Crippen LogP contribution in [0, 0.1) is 0 Å². The van der Waals surface area contributed by atoms with E-state index < -0.39 is 24.5 Å². The molecular weight excluding hydrogens is 336 g/mol. The summed E-state index contributed by atoms with van der Waals surface area (Å²) in [7, 11) is 0. The highest BCUT2D eigenvalue weighted by Gasteiger charge is 2.33. The van der Waals surface area contributed by atoms with Gasteiger partial charge in [0.25, 0.3) is 5.91 Å². The number of hydrogen-bond acceptors (Lipinski definition) is 4. The van der Waals surface area contributed by atoms with Crippen molar-refractivity contribution in [3.8, 4) is 5.75 Å². The van der Waals surface area contributed by atoms with Crippen LogP contribution in [0.4, 0.5) is 4.79 Å². The average molecular weight is 352 g/mol. The summed E-state index contributed by atoms with van der Waals surface area (Å²) < 4.78 is 5.21. The van der Waals surface area contributed by atoms with Crippen LogP contribution in [0.2, 0.25) is 0 Å². The Bertz CT molecular complexity index is 877. The van der Waals surface area contributed by atoms with Gasteiger partial charge in [-0.25, -0.2) is 9.59 Å². The normalized spacial score (nSPS) is 15.2. The monoisotopic (exact) mass is 352 g/mol. The molecule has 0 bridgehead atoms. The van der Waals surface area contributed by atoms with E-state index in [9.17, 15) is 14.4 Å². The lowest BCUT2D eigenvalue weighted by Crippen LogP contribution is -2.30. The first-order chi connectivity index (χ1) is 12.5. The number of amides is 3. The zero-order valence-corrected chi connectivity index (χ0v) is 13.7. The number of para-hydroxylation sites is 1. The Morgan fingerprint density at radius 3 is 2.50 bits per heavy atom. The quantitative estimate of drug-likeness (QED) is 0.614. The van der Waals surface area contributed by atoms with Gasteiger partial charge in [0, 0.05) is 5.56 Å². The van der Waals surface area contributed by atoms with E-state index in [4.69, 9.17) is 9.84 Å². The van der Waals surface area contributed by atoms with E-state index in [0.29, 0.717) is 11.3 Å². The Balaban J connectivity index is 1.81. The van der Waals surface area contributed by atoms with Gasteiger partial charge in [-0.1, -0.05) is 48.5 Å². The van der Waals surface area contributed by atoms with Crippen LogP contribution in [-0.2, 0) is 16.1 Å². The number of nitrogens with one attached hydrogen (secondary N) is 1. The number of carboxylic acids is 1. The van der Waals surface area contributed by atoms with Crippen molar-refractivity contribution in [3.63, 3.8) is 0 Å². The fourth-order valence-electron chi connectivity index (χ4n) is 2.51. The lowest BCUT2D eigenvalue weighted by atomic mass is 10.1.